The fraction of sp³-hybridized carbons (Fsp3) is 0.643. The molecule has 0 heterocycles. The van der Waals surface area contributed by atoms with Crippen molar-refractivity contribution in [1.82, 2.24) is 0 Å². The van der Waals surface area contributed by atoms with Crippen molar-refractivity contribution in [2.45, 2.75) is 104 Å². The highest BCUT2D eigenvalue weighted by Crippen LogP contribution is 2.36. The van der Waals surface area contributed by atoms with Crippen molar-refractivity contribution in [3.63, 3.8) is 0 Å². The number of aromatic hydroxyl groups is 2. The predicted octanol–water partition coefficient (Wildman–Crippen LogP) is 7.15. The quantitative estimate of drug-likeness (QED) is 0.203. The maximum atomic E-state index is 13.2. The number of fused-ring (bicyclic) bond motifs is 1. The Bertz CT molecular complexity index is 809. The first-order chi connectivity index (χ1) is 15.9. The van der Waals surface area contributed by atoms with Crippen molar-refractivity contribution in [3.05, 3.63) is 34.9 Å². The number of unbranched alkanes of at least 4 members (excludes halogenated alkanes) is 9. The molecule has 1 aromatic carbocycles. The number of benzene rings is 1. The maximum absolute atomic E-state index is 13.2. The zero-order valence-electron chi connectivity index (χ0n) is 20.7. The Morgan fingerprint density at radius 2 is 1.33 bits per heavy atom. The zero-order chi connectivity index (χ0) is 24.2. The van der Waals surface area contributed by atoms with Crippen LogP contribution in [-0.2, 0) is 4.74 Å². The van der Waals surface area contributed by atoms with Crippen molar-refractivity contribution in [2.24, 2.45) is 5.92 Å². The molecule has 5 heteroatoms. The molecule has 1 atom stereocenters. The Balaban J connectivity index is 1.90. The number of rotatable bonds is 16. The molecule has 0 radical (unpaired) electrons. The third-order valence-corrected chi connectivity index (χ3v) is 6.35. The fourth-order valence-electron chi connectivity index (χ4n) is 4.35. The number of hydrogen-bond acceptors (Lipinski definition) is 5. The number of hydrogen-bond donors (Lipinski definition) is 2. The topological polar surface area (TPSA) is 83.8 Å². The Kier molecular flexibility index (Phi) is 11.7. The van der Waals surface area contributed by atoms with Crippen molar-refractivity contribution in [2.75, 3.05) is 6.61 Å². The van der Waals surface area contributed by atoms with Crippen LogP contribution in [0.25, 0.3) is 0 Å². The molecule has 0 aromatic heterocycles. The minimum absolute atomic E-state index is 0.116. The normalized spacial score (nSPS) is 14.5. The standard InChI is InChI=1S/C28H42O5/c1-4-5-6-7-8-9-10-11-12-13-18-33-25(17-14-20(2)3)21-19-24(31)26-22(29)15-16-23(30)27(26)28(21)32/h15-16,19-20,25,29-30H,4-14,17-18H2,1-3H3. The van der Waals surface area contributed by atoms with Gasteiger partial charge in [-0.1, -0.05) is 78.6 Å². The first-order valence-electron chi connectivity index (χ1n) is 12.8. The lowest BCUT2D eigenvalue weighted by Gasteiger charge is -2.25. The fourth-order valence-corrected chi connectivity index (χ4v) is 4.35. The molecule has 2 N–H and O–H groups in total. The van der Waals surface area contributed by atoms with Gasteiger partial charge in [0.1, 0.15) is 11.5 Å². The molecule has 5 nitrogen and oxygen atoms in total. The summed E-state index contributed by atoms with van der Waals surface area (Å²) in [6.45, 7) is 7.00. The smallest absolute Gasteiger partial charge is 0.196 e. The second-order valence-electron chi connectivity index (χ2n) is 9.66. The van der Waals surface area contributed by atoms with E-state index in [2.05, 4.69) is 20.8 Å². The number of carbonyl (C=O) groups is 2. The molecule has 33 heavy (non-hydrogen) atoms. The molecule has 1 aliphatic carbocycles. The molecule has 0 bridgehead atoms. The van der Waals surface area contributed by atoms with Crippen LogP contribution in [0.3, 0.4) is 0 Å². The summed E-state index contributed by atoms with van der Waals surface area (Å²) < 4.78 is 6.12. The van der Waals surface area contributed by atoms with Crippen LogP contribution in [0.15, 0.2) is 23.8 Å². The summed E-state index contributed by atoms with van der Waals surface area (Å²) in [7, 11) is 0. The van der Waals surface area contributed by atoms with E-state index < -0.39 is 17.7 Å². The summed E-state index contributed by atoms with van der Waals surface area (Å²) in [4.78, 5) is 25.8. The molecule has 0 aliphatic heterocycles. The molecular formula is C28H42O5. The third-order valence-electron chi connectivity index (χ3n) is 6.35. The van der Waals surface area contributed by atoms with E-state index in [0.29, 0.717) is 18.9 Å². The average molecular weight is 459 g/mol. The van der Waals surface area contributed by atoms with Gasteiger partial charge in [-0.3, -0.25) is 9.59 Å². The van der Waals surface area contributed by atoms with E-state index in [-0.39, 0.29) is 28.2 Å². The van der Waals surface area contributed by atoms with Gasteiger partial charge in [0.15, 0.2) is 11.6 Å². The van der Waals surface area contributed by atoms with Gasteiger partial charge in [0.05, 0.1) is 17.2 Å². The minimum Gasteiger partial charge on any atom is -0.507 e. The van der Waals surface area contributed by atoms with E-state index in [4.69, 9.17) is 4.74 Å². The second-order valence-corrected chi connectivity index (χ2v) is 9.66. The number of phenolic OH excluding ortho intramolecular Hbond substituents is 2. The third kappa shape index (κ3) is 8.29. The van der Waals surface area contributed by atoms with Crippen molar-refractivity contribution in [3.8, 4) is 11.5 Å². The maximum Gasteiger partial charge on any atom is 0.196 e. The Labute approximate surface area is 199 Å². The van der Waals surface area contributed by atoms with Crippen molar-refractivity contribution in [1.29, 1.82) is 0 Å². The first kappa shape index (κ1) is 27.1. The number of phenols is 2. The Hall–Kier alpha value is -2.14. The molecule has 184 valence electrons. The molecule has 0 spiro atoms. The van der Waals surface area contributed by atoms with Crippen LogP contribution in [0.2, 0.25) is 0 Å². The average Bonchev–Trinajstić information content (AvgIpc) is 2.78. The van der Waals surface area contributed by atoms with Crippen LogP contribution < -0.4 is 0 Å². The van der Waals surface area contributed by atoms with E-state index in [9.17, 15) is 19.8 Å². The summed E-state index contributed by atoms with van der Waals surface area (Å²) in [6.07, 6.45) is 14.7. The molecule has 0 fully saturated rings. The number of Topliss-reactive ketones (excluding diaryl/α,β-unsaturated/α-hetero) is 1. The first-order valence-corrected chi connectivity index (χ1v) is 12.8. The van der Waals surface area contributed by atoms with Crippen LogP contribution in [0.4, 0.5) is 0 Å². The van der Waals surface area contributed by atoms with Gasteiger partial charge in [-0.2, -0.15) is 0 Å². The molecule has 0 saturated carbocycles. The van der Waals surface area contributed by atoms with E-state index in [1.54, 1.807) is 0 Å². The lowest BCUT2D eigenvalue weighted by molar-refractivity contribution is 0.0586. The molecule has 1 unspecified atom stereocenters. The van der Waals surface area contributed by atoms with E-state index >= 15 is 0 Å². The molecule has 0 saturated heterocycles. The molecule has 1 aromatic rings. The summed E-state index contributed by atoms with van der Waals surface area (Å²) in [5, 5.41) is 20.3. The molecule has 2 rings (SSSR count). The summed E-state index contributed by atoms with van der Waals surface area (Å²) in [5.74, 6) is -1.04. The summed E-state index contributed by atoms with van der Waals surface area (Å²) in [5.41, 5.74) is 0.0387. The highest BCUT2D eigenvalue weighted by Gasteiger charge is 2.34. The van der Waals surface area contributed by atoms with E-state index in [1.807, 2.05) is 0 Å². The summed E-state index contributed by atoms with van der Waals surface area (Å²) >= 11 is 0. The number of allylic oxidation sites excluding steroid dienone is 1. The predicted molar refractivity (Wildman–Crippen MR) is 132 cm³/mol. The van der Waals surface area contributed by atoms with Crippen LogP contribution in [-0.4, -0.2) is 34.5 Å². The lowest BCUT2D eigenvalue weighted by Crippen LogP contribution is -2.28. The Morgan fingerprint density at radius 3 is 1.91 bits per heavy atom. The number of ether oxygens (including phenoxy) is 1. The number of carbonyl (C=O) groups excluding carboxylic acids is 2. The minimum atomic E-state index is -0.489. The SMILES string of the molecule is CCCCCCCCCCCCOC(CCC(C)C)C1=CC(=O)c2c(O)ccc(O)c2C1=O. The lowest BCUT2D eigenvalue weighted by atomic mass is 9.84. The van der Waals surface area contributed by atoms with Gasteiger partial charge in [-0.25, -0.2) is 0 Å². The van der Waals surface area contributed by atoms with Crippen LogP contribution in [0, 0.1) is 5.92 Å². The van der Waals surface area contributed by atoms with Gasteiger partial charge in [-0.15, -0.1) is 0 Å². The zero-order valence-corrected chi connectivity index (χ0v) is 20.7. The second kappa shape index (κ2) is 14.2. The van der Waals surface area contributed by atoms with Gasteiger partial charge < -0.3 is 14.9 Å². The van der Waals surface area contributed by atoms with E-state index in [1.165, 1.54) is 69.6 Å². The van der Waals surface area contributed by atoms with Crippen LogP contribution in [0.1, 0.15) is 119 Å². The van der Waals surface area contributed by atoms with Crippen LogP contribution >= 0.6 is 0 Å². The molecule has 0 amide bonds. The van der Waals surface area contributed by atoms with Gasteiger partial charge in [0.25, 0.3) is 0 Å². The Morgan fingerprint density at radius 1 is 0.788 bits per heavy atom. The van der Waals surface area contributed by atoms with Crippen molar-refractivity contribution < 1.29 is 24.5 Å². The van der Waals surface area contributed by atoms with Crippen LogP contribution in [0.5, 0.6) is 11.5 Å². The molecule has 1 aliphatic rings. The monoisotopic (exact) mass is 458 g/mol. The number of ketones is 2. The van der Waals surface area contributed by atoms with Gasteiger partial charge >= 0.3 is 0 Å². The summed E-state index contributed by atoms with van der Waals surface area (Å²) in [6, 6.07) is 2.48. The highest BCUT2D eigenvalue weighted by molar-refractivity contribution is 6.26. The molecular weight excluding hydrogens is 416 g/mol. The largest absolute Gasteiger partial charge is 0.507 e. The van der Waals surface area contributed by atoms with Crippen molar-refractivity contribution >= 4 is 11.6 Å². The van der Waals surface area contributed by atoms with E-state index in [0.717, 1.165) is 19.3 Å². The van der Waals surface area contributed by atoms with Gasteiger partial charge in [0, 0.05) is 12.2 Å². The van der Waals surface area contributed by atoms with Gasteiger partial charge in [-0.05, 0) is 43.4 Å². The highest BCUT2D eigenvalue weighted by atomic mass is 16.5. The van der Waals surface area contributed by atoms with Gasteiger partial charge in [0.2, 0.25) is 0 Å².